The standard InChI is InChI=1S/C15H24ClNO3S/c1-2-3-4-5-6-7-10-17-21(19,20)15-11-13(12-18)8-9-14(15)16/h8-9,11,17-18H,2-7,10,12H2,1H3. The first-order valence-corrected chi connectivity index (χ1v) is 9.26. The normalized spacial score (nSPS) is 11.8. The third kappa shape index (κ3) is 6.34. The largest absolute Gasteiger partial charge is 0.392 e. The van der Waals surface area contributed by atoms with E-state index >= 15 is 0 Å². The Morgan fingerprint density at radius 1 is 1.14 bits per heavy atom. The molecule has 120 valence electrons. The van der Waals surface area contributed by atoms with Crippen molar-refractivity contribution in [3.8, 4) is 0 Å². The monoisotopic (exact) mass is 333 g/mol. The second-order valence-electron chi connectivity index (χ2n) is 5.09. The van der Waals surface area contributed by atoms with Gasteiger partial charge < -0.3 is 5.11 Å². The topological polar surface area (TPSA) is 66.4 Å². The number of hydrogen-bond acceptors (Lipinski definition) is 3. The zero-order chi connectivity index (χ0) is 15.7. The summed E-state index contributed by atoms with van der Waals surface area (Å²) in [6, 6.07) is 4.51. The van der Waals surface area contributed by atoms with Gasteiger partial charge in [0.1, 0.15) is 4.90 Å². The van der Waals surface area contributed by atoms with Gasteiger partial charge in [-0.15, -0.1) is 0 Å². The Kier molecular flexibility index (Phi) is 8.26. The summed E-state index contributed by atoms with van der Waals surface area (Å²) in [5, 5.41) is 9.25. The van der Waals surface area contributed by atoms with Gasteiger partial charge in [-0.25, -0.2) is 13.1 Å². The molecular formula is C15H24ClNO3S. The quantitative estimate of drug-likeness (QED) is 0.644. The van der Waals surface area contributed by atoms with Crippen LogP contribution in [-0.4, -0.2) is 20.1 Å². The molecule has 0 aliphatic heterocycles. The third-order valence-electron chi connectivity index (χ3n) is 3.29. The summed E-state index contributed by atoms with van der Waals surface area (Å²) in [5.74, 6) is 0. The molecule has 0 saturated carbocycles. The lowest BCUT2D eigenvalue weighted by molar-refractivity contribution is 0.281. The highest BCUT2D eigenvalue weighted by Gasteiger charge is 2.17. The van der Waals surface area contributed by atoms with Crippen LogP contribution < -0.4 is 4.72 Å². The maximum Gasteiger partial charge on any atom is 0.242 e. The zero-order valence-electron chi connectivity index (χ0n) is 12.4. The molecule has 1 aromatic rings. The van der Waals surface area contributed by atoms with Crippen molar-refractivity contribution in [3.05, 3.63) is 28.8 Å². The molecule has 0 bridgehead atoms. The van der Waals surface area contributed by atoms with Crippen LogP contribution in [0.15, 0.2) is 23.1 Å². The number of halogens is 1. The summed E-state index contributed by atoms with van der Waals surface area (Å²) in [4.78, 5) is 0.0294. The van der Waals surface area contributed by atoms with Crippen molar-refractivity contribution in [1.82, 2.24) is 4.72 Å². The summed E-state index contributed by atoms with van der Waals surface area (Å²) < 4.78 is 26.9. The Balaban J connectivity index is 2.50. The highest BCUT2D eigenvalue weighted by molar-refractivity contribution is 7.89. The van der Waals surface area contributed by atoms with E-state index in [1.807, 2.05) is 0 Å². The zero-order valence-corrected chi connectivity index (χ0v) is 14.0. The lowest BCUT2D eigenvalue weighted by Gasteiger charge is -2.09. The fourth-order valence-corrected chi connectivity index (χ4v) is 3.66. The molecule has 0 aromatic heterocycles. The average molecular weight is 334 g/mol. The smallest absolute Gasteiger partial charge is 0.242 e. The van der Waals surface area contributed by atoms with Crippen LogP contribution in [0, 0.1) is 0 Å². The molecule has 0 unspecified atom stereocenters. The molecule has 4 nitrogen and oxygen atoms in total. The first kappa shape index (κ1) is 18.4. The van der Waals surface area contributed by atoms with E-state index < -0.39 is 10.0 Å². The van der Waals surface area contributed by atoms with Gasteiger partial charge in [-0.3, -0.25) is 0 Å². The molecule has 2 N–H and O–H groups in total. The summed E-state index contributed by atoms with van der Waals surface area (Å²) >= 11 is 5.93. The van der Waals surface area contributed by atoms with Crippen molar-refractivity contribution in [2.75, 3.05) is 6.54 Å². The Hall–Kier alpha value is -0.620. The number of aliphatic hydroxyl groups excluding tert-OH is 1. The van der Waals surface area contributed by atoms with Crippen LogP contribution in [0.3, 0.4) is 0 Å². The third-order valence-corrected chi connectivity index (χ3v) is 5.23. The number of unbranched alkanes of at least 4 members (excludes halogenated alkanes) is 5. The van der Waals surface area contributed by atoms with E-state index in [0.29, 0.717) is 12.1 Å². The van der Waals surface area contributed by atoms with Gasteiger partial charge in [0.25, 0.3) is 0 Å². The van der Waals surface area contributed by atoms with Crippen LogP contribution >= 0.6 is 11.6 Å². The van der Waals surface area contributed by atoms with Crippen molar-refractivity contribution in [2.24, 2.45) is 0 Å². The first-order valence-electron chi connectivity index (χ1n) is 7.40. The van der Waals surface area contributed by atoms with E-state index in [0.717, 1.165) is 19.3 Å². The minimum absolute atomic E-state index is 0.0294. The van der Waals surface area contributed by atoms with Crippen LogP contribution in [-0.2, 0) is 16.6 Å². The maximum atomic E-state index is 12.2. The SMILES string of the molecule is CCCCCCCCNS(=O)(=O)c1cc(CO)ccc1Cl. The second kappa shape index (κ2) is 9.41. The van der Waals surface area contributed by atoms with Crippen molar-refractivity contribution in [1.29, 1.82) is 0 Å². The summed E-state index contributed by atoms with van der Waals surface area (Å²) in [6.45, 7) is 2.36. The molecule has 21 heavy (non-hydrogen) atoms. The molecule has 0 aliphatic rings. The molecular weight excluding hydrogens is 310 g/mol. The van der Waals surface area contributed by atoms with Gasteiger partial charge in [0.05, 0.1) is 11.6 Å². The molecule has 0 spiro atoms. The van der Waals surface area contributed by atoms with E-state index in [-0.39, 0.29) is 16.5 Å². The van der Waals surface area contributed by atoms with Gasteiger partial charge in [0.15, 0.2) is 0 Å². The van der Waals surface area contributed by atoms with Gasteiger partial charge in [0, 0.05) is 6.54 Å². The fraction of sp³-hybridized carbons (Fsp3) is 0.600. The molecule has 0 aliphatic carbocycles. The predicted molar refractivity (Wildman–Crippen MR) is 85.9 cm³/mol. The van der Waals surface area contributed by atoms with Gasteiger partial charge in [-0.05, 0) is 24.1 Å². The molecule has 6 heteroatoms. The van der Waals surface area contributed by atoms with Crippen LogP contribution in [0.1, 0.15) is 51.0 Å². The van der Waals surface area contributed by atoms with Gasteiger partial charge in [-0.1, -0.05) is 56.7 Å². The minimum atomic E-state index is -3.61. The lowest BCUT2D eigenvalue weighted by Crippen LogP contribution is -2.25. The van der Waals surface area contributed by atoms with Crippen LogP contribution in [0.4, 0.5) is 0 Å². The number of sulfonamides is 1. The first-order chi connectivity index (χ1) is 10.0. The summed E-state index contributed by atoms with van der Waals surface area (Å²) in [5.41, 5.74) is 0.527. The van der Waals surface area contributed by atoms with Crippen molar-refractivity contribution < 1.29 is 13.5 Å². The Morgan fingerprint density at radius 2 is 1.81 bits per heavy atom. The molecule has 0 atom stereocenters. The minimum Gasteiger partial charge on any atom is -0.392 e. The van der Waals surface area contributed by atoms with Crippen LogP contribution in [0.2, 0.25) is 5.02 Å². The highest BCUT2D eigenvalue weighted by atomic mass is 35.5. The van der Waals surface area contributed by atoms with E-state index in [4.69, 9.17) is 16.7 Å². The lowest BCUT2D eigenvalue weighted by atomic mass is 10.1. The Morgan fingerprint density at radius 3 is 2.48 bits per heavy atom. The van der Waals surface area contributed by atoms with Crippen molar-refractivity contribution in [2.45, 2.75) is 57.0 Å². The number of benzene rings is 1. The maximum absolute atomic E-state index is 12.2. The van der Waals surface area contributed by atoms with E-state index in [9.17, 15) is 8.42 Å². The van der Waals surface area contributed by atoms with Gasteiger partial charge in [-0.2, -0.15) is 0 Å². The Labute approximate surface area is 132 Å². The fourth-order valence-electron chi connectivity index (χ4n) is 2.04. The number of rotatable bonds is 10. The van der Waals surface area contributed by atoms with Crippen LogP contribution in [0.25, 0.3) is 0 Å². The summed E-state index contributed by atoms with van der Waals surface area (Å²) in [7, 11) is -3.61. The number of hydrogen-bond donors (Lipinski definition) is 2. The van der Waals surface area contributed by atoms with Gasteiger partial charge in [0.2, 0.25) is 10.0 Å². The molecule has 0 fully saturated rings. The van der Waals surface area contributed by atoms with E-state index in [2.05, 4.69) is 11.6 Å². The molecule has 0 heterocycles. The van der Waals surface area contributed by atoms with Crippen molar-refractivity contribution >= 4 is 21.6 Å². The molecule has 1 aromatic carbocycles. The van der Waals surface area contributed by atoms with Gasteiger partial charge >= 0.3 is 0 Å². The second-order valence-corrected chi connectivity index (χ2v) is 7.23. The Bertz CT molecular complexity index is 532. The predicted octanol–water partition coefficient (Wildman–Crippen LogP) is 3.47. The average Bonchev–Trinajstić information content (AvgIpc) is 2.46. The number of aliphatic hydroxyl groups is 1. The van der Waals surface area contributed by atoms with E-state index in [1.165, 1.54) is 31.4 Å². The highest BCUT2D eigenvalue weighted by Crippen LogP contribution is 2.22. The number of nitrogens with one attached hydrogen (secondary N) is 1. The van der Waals surface area contributed by atoms with Crippen LogP contribution in [0.5, 0.6) is 0 Å². The summed E-state index contributed by atoms with van der Waals surface area (Å²) in [6.07, 6.45) is 6.61. The van der Waals surface area contributed by atoms with Crippen molar-refractivity contribution in [3.63, 3.8) is 0 Å². The van der Waals surface area contributed by atoms with E-state index in [1.54, 1.807) is 6.07 Å². The molecule has 0 radical (unpaired) electrons. The molecule has 1 rings (SSSR count). The molecule has 0 amide bonds. The molecule has 0 saturated heterocycles.